The average Bonchev–Trinajstić information content (AvgIpc) is 3.03. The molecule has 1 saturated heterocycles. The third-order valence-electron chi connectivity index (χ3n) is 6.57. The Labute approximate surface area is 132 Å². The van der Waals surface area contributed by atoms with Crippen molar-refractivity contribution in [3.8, 4) is 0 Å². The Morgan fingerprint density at radius 1 is 1.38 bits per heavy atom. The summed E-state index contributed by atoms with van der Waals surface area (Å²) in [6.07, 6.45) is 3.87. The van der Waals surface area contributed by atoms with Crippen molar-refractivity contribution in [1.29, 1.82) is 0 Å². The normalized spacial score (nSPS) is 41.5. The minimum Gasteiger partial charge on any atom is -0.405 e. The van der Waals surface area contributed by atoms with Gasteiger partial charge in [-0.15, -0.1) is 0 Å². The van der Waals surface area contributed by atoms with E-state index in [9.17, 15) is 0 Å². The molecule has 1 aromatic rings. The van der Waals surface area contributed by atoms with E-state index in [-0.39, 0.29) is 12.7 Å². The van der Waals surface area contributed by atoms with Gasteiger partial charge in [-0.1, -0.05) is 20.8 Å². The molecule has 2 bridgehead atoms. The van der Waals surface area contributed by atoms with E-state index in [0.29, 0.717) is 23.3 Å². The fourth-order valence-corrected chi connectivity index (χ4v) is 5.70. The molecule has 5 rings (SSSR count). The summed E-state index contributed by atoms with van der Waals surface area (Å²) in [7, 11) is -0.0324. The van der Waals surface area contributed by atoms with Crippen LogP contribution in [0.1, 0.15) is 46.1 Å². The van der Waals surface area contributed by atoms with E-state index in [1.54, 1.807) is 11.3 Å². The van der Waals surface area contributed by atoms with Crippen molar-refractivity contribution in [2.45, 2.75) is 64.5 Å². The summed E-state index contributed by atoms with van der Waals surface area (Å²) >= 11 is 1.77. The molecule has 21 heavy (non-hydrogen) atoms. The van der Waals surface area contributed by atoms with Crippen LogP contribution in [0.3, 0.4) is 0 Å². The first-order valence-electron chi connectivity index (χ1n) is 8.25. The number of thiophene rings is 1. The van der Waals surface area contributed by atoms with Crippen molar-refractivity contribution in [3.63, 3.8) is 0 Å². The van der Waals surface area contributed by atoms with E-state index in [4.69, 9.17) is 9.31 Å². The lowest BCUT2D eigenvalue weighted by molar-refractivity contribution is -0.199. The molecule has 3 saturated carbocycles. The Balaban J connectivity index is 1.49. The van der Waals surface area contributed by atoms with Gasteiger partial charge in [0, 0.05) is 0 Å². The van der Waals surface area contributed by atoms with Crippen LogP contribution >= 0.6 is 11.3 Å². The zero-order valence-corrected chi connectivity index (χ0v) is 14.3. The van der Waals surface area contributed by atoms with Gasteiger partial charge in [0.15, 0.2) is 0 Å². The lowest BCUT2D eigenvalue weighted by Crippen LogP contribution is -2.65. The van der Waals surface area contributed by atoms with Gasteiger partial charge in [-0.2, -0.15) is 11.3 Å². The Kier molecular flexibility index (Phi) is 3.12. The maximum atomic E-state index is 6.53. The van der Waals surface area contributed by atoms with E-state index in [1.165, 1.54) is 18.4 Å². The van der Waals surface area contributed by atoms with Gasteiger partial charge < -0.3 is 9.31 Å². The predicted molar refractivity (Wildman–Crippen MR) is 87.6 cm³/mol. The molecule has 0 radical (unpaired) electrons. The maximum Gasteiger partial charge on any atom is 0.461 e. The maximum absolute atomic E-state index is 6.53. The molecule has 114 valence electrons. The fraction of sp³-hybridized carbons (Fsp3) is 0.765. The van der Waals surface area contributed by atoms with Crippen LogP contribution in [0.25, 0.3) is 0 Å². The molecule has 0 unspecified atom stereocenters. The zero-order valence-electron chi connectivity index (χ0n) is 13.5. The Morgan fingerprint density at radius 3 is 2.86 bits per heavy atom. The van der Waals surface area contributed by atoms with Crippen LogP contribution < -0.4 is 0 Å². The van der Waals surface area contributed by atoms with Crippen molar-refractivity contribution < 1.29 is 9.31 Å². The molecule has 2 nitrogen and oxygen atoms in total. The van der Waals surface area contributed by atoms with Gasteiger partial charge in [-0.05, 0) is 71.6 Å². The van der Waals surface area contributed by atoms with E-state index in [2.05, 4.69) is 44.5 Å². The van der Waals surface area contributed by atoms with Gasteiger partial charge in [0.05, 0.1) is 11.7 Å². The van der Waals surface area contributed by atoms with Crippen LogP contribution in [0.2, 0.25) is 5.82 Å². The van der Waals surface area contributed by atoms with Gasteiger partial charge in [0.25, 0.3) is 0 Å². The molecule has 1 aliphatic heterocycles. The molecular weight excluding hydrogens is 279 g/mol. The summed E-state index contributed by atoms with van der Waals surface area (Å²) in [5, 5.41) is 4.39. The molecule has 0 spiro atoms. The van der Waals surface area contributed by atoms with Crippen LogP contribution in [-0.4, -0.2) is 18.8 Å². The van der Waals surface area contributed by atoms with Gasteiger partial charge in [0.2, 0.25) is 0 Å². The lowest BCUT2D eigenvalue weighted by atomic mass is 9.43. The Morgan fingerprint density at radius 2 is 2.19 bits per heavy atom. The molecule has 4 fully saturated rings. The van der Waals surface area contributed by atoms with Crippen molar-refractivity contribution in [1.82, 2.24) is 0 Å². The second kappa shape index (κ2) is 4.59. The Bertz CT molecular complexity index is 529. The van der Waals surface area contributed by atoms with Gasteiger partial charge in [-0.3, -0.25) is 0 Å². The standard InChI is InChI=1S/C17H25BO2S/c1-11(7-12-5-6-21-10-12)18-19-15-9-13-8-14(16(13,2)3)17(15,4)20-18/h5-6,10-11,13-15H,7-9H2,1-4H3/t11-,13-,14-,15+,17-/m0/s1. The van der Waals surface area contributed by atoms with Crippen LogP contribution in [0, 0.1) is 17.3 Å². The van der Waals surface area contributed by atoms with E-state index in [1.807, 2.05) is 0 Å². The highest BCUT2D eigenvalue weighted by Gasteiger charge is 2.68. The van der Waals surface area contributed by atoms with E-state index >= 15 is 0 Å². The molecule has 4 heteroatoms. The first-order valence-corrected chi connectivity index (χ1v) is 9.20. The number of hydrogen-bond donors (Lipinski definition) is 0. The van der Waals surface area contributed by atoms with Crippen molar-refractivity contribution in [3.05, 3.63) is 22.4 Å². The summed E-state index contributed by atoms with van der Waals surface area (Å²) in [5.41, 5.74) is 1.77. The average molecular weight is 304 g/mol. The molecule has 0 aromatic carbocycles. The fourth-order valence-electron chi connectivity index (χ4n) is 5.02. The molecule has 3 aliphatic carbocycles. The largest absolute Gasteiger partial charge is 0.461 e. The summed E-state index contributed by atoms with van der Waals surface area (Å²) < 4.78 is 12.9. The first kappa shape index (κ1) is 14.3. The number of hydrogen-bond acceptors (Lipinski definition) is 3. The van der Waals surface area contributed by atoms with Crippen molar-refractivity contribution in [2.75, 3.05) is 0 Å². The second-order valence-corrected chi connectivity index (χ2v) is 8.93. The minimum atomic E-state index is -0.0637. The minimum absolute atomic E-state index is 0.0324. The Hall–Kier alpha value is -0.315. The van der Waals surface area contributed by atoms with Crippen LogP contribution in [0.15, 0.2) is 16.8 Å². The van der Waals surface area contributed by atoms with Crippen LogP contribution in [0.5, 0.6) is 0 Å². The molecule has 5 atom stereocenters. The SMILES string of the molecule is C[C@@H](Cc1ccsc1)B1O[C@@H]2C[C@@H]3C[C@@H](C3(C)C)[C@]2(C)O1. The highest BCUT2D eigenvalue weighted by molar-refractivity contribution is 7.07. The summed E-state index contributed by atoms with van der Waals surface area (Å²) in [6, 6.07) is 2.21. The third-order valence-corrected chi connectivity index (χ3v) is 7.30. The van der Waals surface area contributed by atoms with Gasteiger partial charge >= 0.3 is 7.12 Å². The zero-order chi connectivity index (χ0) is 14.8. The predicted octanol–water partition coefficient (Wildman–Crippen LogP) is 4.41. The molecule has 4 aliphatic rings. The van der Waals surface area contributed by atoms with E-state index in [0.717, 1.165) is 12.3 Å². The second-order valence-electron chi connectivity index (χ2n) is 8.15. The first-order chi connectivity index (χ1) is 9.91. The smallest absolute Gasteiger partial charge is 0.405 e. The van der Waals surface area contributed by atoms with Gasteiger partial charge in [0.1, 0.15) is 0 Å². The van der Waals surface area contributed by atoms with Crippen molar-refractivity contribution >= 4 is 18.5 Å². The molecule has 2 heterocycles. The summed E-state index contributed by atoms with van der Waals surface area (Å²) in [6.45, 7) is 9.40. The topological polar surface area (TPSA) is 18.5 Å². The van der Waals surface area contributed by atoms with E-state index < -0.39 is 0 Å². The third kappa shape index (κ3) is 1.99. The van der Waals surface area contributed by atoms with Crippen LogP contribution in [0.4, 0.5) is 0 Å². The monoisotopic (exact) mass is 304 g/mol. The lowest BCUT2D eigenvalue weighted by Gasteiger charge is -2.64. The summed E-state index contributed by atoms with van der Waals surface area (Å²) in [4.78, 5) is 0. The molecule has 0 amide bonds. The molecular formula is C17H25BO2S. The van der Waals surface area contributed by atoms with Crippen molar-refractivity contribution in [2.24, 2.45) is 17.3 Å². The summed E-state index contributed by atoms with van der Waals surface area (Å²) in [5.74, 6) is 1.91. The number of rotatable bonds is 3. The van der Waals surface area contributed by atoms with Crippen LogP contribution in [-0.2, 0) is 15.7 Å². The van der Waals surface area contributed by atoms with Gasteiger partial charge in [-0.25, -0.2) is 0 Å². The molecule has 0 N–H and O–H groups in total. The highest BCUT2D eigenvalue weighted by atomic mass is 32.1. The quantitative estimate of drug-likeness (QED) is 0.770. The molecule has 1 aromatic heterocycles. The highest BCUT2D eigenvalue weighted by Crippen LogP contribution is 2.66.